The number of guanidine groups is 1. The Labute approximate surface area is 195 Å². The van der Waals surface area contributed by atoms with Crippen LogP contribution >= 0.6 is 35.6 Å². The second-order valence-electron chi connectivity index (χ2n) is 6.02. The van der Waals surface area contributed by atoms with E-state index in [2.05, 4.69) is 21.7 Å². The molecule has 0 aliphatic rings. The Hall–Kier alpha value is -1.87. The molecule has 0 bridgehead atoms. The van der Waals surface area contributed by atoms with Crippen molar-refractivity contribution in [1.29, 1.82) is 0 Å². The molecule has 2 N–H and O–H groups in total. The Balaban J connectivity index is 0.00000420. The molecular formula is C21H29ClIN3O3. The van der Waals surface area contributed by atoms with Crippen LogP contribution in [0.4, 0.5) is 0 Å². The number of aliphatic imine (C=N–C) groups is 1. The van der Waals surface area contributed by atoms with E-state index in [0.29, 0.717) is 23.8 Å². The molecule has 0 aliphatic heterocycles. The van der Waals surface area contributed by atoms with Gasteiger partial charge in [0.05, 0.1) is 27.9 Å². The van der Waals surface area contributed by atoms with E-state index in [1.807, 2.05) is 37.3 Å². The van der Waals surface area contributed by atoms with Gasteiger partial charge in [-0.1, -0.05) is 23.7 Å². The van der Waals surface area contributed by atoms with Crippen LogP contribution in [0.3, 0.4) is 0 Å². The third-order valence-electron chi connectivity index (χ3n) is 4.13. The largest absolute Gasteiger partial charge is 0.496 e. The number of ether oxygens (including phenoxy) is 3. The number of hydrogen-bond donors (Lipinski definition) is 2. The second kappa shape index (κ2) is 13.4. The van der Waals surface area contributed by atoms with Crippen LogP contribution in [0.2, 0.25) is 5.02 Å². The molecule has 0 spiro atoms. The fourth-order valence-corrected chi connectivity index (χ4v) is 2.95. The van der Waals surface area contributed by atoms with Gasteiger partial charge in [-0.25, -0.2) is 4.99 Å². The lowest BCUT2D eigenvalue weighted by Gasteiger charge is -2.14. The van der Waals surface area contributed by atoms with E-state index in [1.165, 1.54) is 5.56 Å². The number of methoxy groups -OCH3 is 3. The highest BCUT2D eigenvalue weighted by Gasteiger charge is 2.11. The molecule has 0 aliphatic carbocycles. The Morgan fingerprint density at radius 3 is 2.28 bits per heavy atom. The molecule has 0 saturated carbocycles. The molecule has 0 radical (unpaired) electrons. The van der Waals surface area contributed by atoms with Gasteiger partial charge in [0.2, 0.25) is 0 Å². The molecule has 0 atom stereocenters. The standard InChI is InChI=1S/C21H28ClN3O3.HI/c1-5-23-21(24-10-9-15-7-6-8-17(22)11-15)25-14-16-12-19(27-3)20(28-4)13-18(16)26-2;/h6-8,11-13H,5,9-10,14H2,1-4H3,(H2,23,24,25);1H. The maximum absolute atomic E-state index is 6.04. The molecule has 0 saturated heterocycles. The number of halogens is 2. The number of benzene rings is 2. The van der Waals surface area contributed by atoms with Gasteiger partial charge >= 0.3 is 0 Å². The predicted molar refractivity (Wildman–Crippen MR) is 129 cm³/mol. The molecule has 0 fully saturated rings. The van der Waals surface area contributed by atoms with E-state index in [4.69, 9.17) is 25.8 Å². The van der Waals surface area contributed by atoms with Gasteiger partial charge in [0.1, 0.15) is 5.75 Å². The monoisotopic (exact) mass is 533 g/mol. The summed E-state index contributed by atoms with van der Waals surface area (Å²) in [6, 6.07) is 11.6. The van der Waals surface area contributed by atoms with Gasteiger partial charge < -0.3 is 24.8 Å². The molecule has 2 rings (SSSR count). The molecule has 0 amide bonds. The van der Waals surface area contributed by atoms with Gasteiger partial charge in [-0.2, -0.15) is 0 Å². The van der Waals surface area contributed by atoms with E-state index < -0.39 is 0 Å². The number of hydrogen-bond acceptors (Lipinski definition) is 4. The number of rotatable bonds is 9. The fraction of sp³-hybridized carbons (Fsp3) is 0.381. The van der Waals surface area contributed by atoms with Gasteiger partial charge in [0, 0.05) is 29.7 Å². The van der Waals surface area contributed by atoms with Crippen LogP contribution in [0.1, 0.15) is 18.1 Å². The molecule has 29 heavy (non-hydrogen) atoms. The molecule has 8 heteroatoms. The average molecular weight is 534 g/mol. The van der Waals surface area contributed by atoms with Crippen molar-refractivity contribution >= 4 is 41.5 Å². The minimum absolute atomic E-state index is 0. The topological polar surface area (TPSA) is 64.1 Å². The first kappa shape index (κ1) is 25.2. The first-order valence-corrected chi connectivity index (χ1v) is 9.54. The van der Waals surface area contributed by atoms with Gasteiger partial charge in [0.25, 0.3) is 0 Å². The zero-order valence-corrected chi connectivity index (χ0v) is 20.3. The van der Waals surface area contributed by atoms with Gasteiger partial charge in [-0.15, -0.1) is 24.0 Å². The number of nitrogens with one attached hydrogen (secondary N) is 2. The average Bonchev–Trinajstić information content (AvgIpc) is 2.71. The summed E-state index contributed by atoms with van der Waals surface area (Å²) in [6.07, 6.45) is 0.852. The molecule has 6 nitrogen and oxygen atoms in total. The fourth-order valence-electron chi connectivity index (χ4n) is 2.74. The summed E-state index contributed by atoms with van der Waals surface area (Å²) in [5.41, 5.74) is 2.09. The Kier molecular flexibility index (Phi) is 11.6. The van der Waals surface area contributed by atoms with E-state index in [1.54, 1.807) is 21.3 Å². The molecule has 0 heterocycles. The highest BCUT2D eigenvalue weighted by Crippen LogP contribution is 2.34. The third-order valence-corrected chi connectivity index (χ3v) is 4.37. The van der Waals surface area contributed by atoms with Crippen molar-refractivity contribution < 1.29 is 14.2 Å². The van der Waals surface area contributed by atoms with E-state index in [-0.39, 0.29) is 24.0 Å². The predicted octanol–water partition coefficient (Wildman–Crippen LogP) is 4.28. The summed E-state index contributed by atoms with van der Waals surface area (Å²) >= 11 is 6.04. The maximum atomic E-state index is 6.04. The summed E-state index contributed by atoms with van der Waals surface area (Å²) in [7, 11) is 4.84. The van der Waals surface area contributed by atoms with Crippen molar-refractivity contribution in [3.63, 3.8) is 0 Å². The van der Waals surface area contributed by atoms with Crippen molar-refractivity contribution in [1.82, 2.24) is 10.6 Å². The van der Waals surface area contributed by atoms with Crippen LogP contribution in [0.25, 0.3) is 0 Å². The first-order chi connectivity index (χ1) is 13.6. The minimum Gasteiger partial charge on any atom is -0.496 e. The SMILES string of the molecule is CCNC(=NCc1cc(OC)c(OC)cc1OC)NCCc1cccc(Cl)c1.I. The van der Waals surface area contributed by atoms with Gasteiger partial charge in [-0.3, -0.25) is 0 Å². The summed E-state index contributed by atoms with van der Waals surface area (Å²) < 4.78 is 16.2. The molecule has 2 aromatic rings. The highest BCUT2D eigenvalue weighted by molar-refractivity contribution is 14.0. The molecule has 160 valence electrons. The Morgan fingerprint density at radius 2 is 1.66 bits per heavy atom. The molecule has 2 aromatic carbocycles. The quantitative estimate of drug-likeness (QED) is 0.286. The zero-order valence-electron chi connectivity index (χ0n) is 17.3. The van der Waals surface area contributed by atoms with Gasteiger partial charge in [0.15, 0.2) is 17.5 Å². The van der Waals surface area contributed by atoms with Crippen LogP contribution in [0.5, 0.6) is 17.2 Å². The summed E-state index contributed by atoms with van der Waals surface area (Å²) in [6.45, 7) is 3.99. The third kappa shape index (κ3) is 7.81. The van der Waals surface area contributed by atoms with Crippen molar-refractivity contribution in [2.45, 2.75) is 19.9 Å². The van der Waals surface area contributed by atoms with Crippen LogP contribution < -0.4 is 24.8 Å². The summed E-state index contributed by atoms with van der Waals surface area (Å²) in [5.74, 6) is 2.71. The lowest BCUT2D eigenvalue weighted by atomic mass is 10.1. The summed E-state index contributed by atoms with van der Waals surface area (Å²) in [4.78, 5) is 4.66. The number of nitrogens with zero attached hydrogens (tertiary/aromatic N) is 1. The van der Waals surface area contributed by atoms with Crippen molar-refractivity contribution in [3.8, 4) is 17.2 Å². The highest BCUT2D eigenvalue weighted by atomic mass is 127. The Bertz CT molecular complexity index is 803. The lowest BCUT2D eigenvalue weighted by Crippen LogP contribution is -2.38. The van der Waals surface area contributed by atoms with Crippen LogP contribution in [0.15, 0.2) is 41.4 Å². The van der Waals surface area contributed by atoms with Crippen LogP contribution in [-0.4, -0.2) is 40.4 Å². The van der Waals surface area contributed by atoms with Crippen molar-refractivity contribution in [3.05, 3.63) is 52.5 Å². The van der Waals surface area contributed by atoms with E-state index >= 15 is 0 Å². The zero-order chi connectivity index (χ0) is 20.4. The molecular weight excluding hydrogens is 505 g/mol. The minimum atomic E-state index is 0. The Morgan fingerprint density at radius 1 is 0.966 bits per heavy atom. The van der Waals surface area contributed by atoms with Crippen molar-refractivity contribution in [2.75, 3.05) is 34.4 Å². The van der Waals surface area contributed by atoms with E-state index in [0.717, 1.165) is 36.1 Å². The lowest BCUT2D eigenvalue weighted by molar-refractivity contribution is 0.347. The van der Waals surface area contributed by atoms with Crippen molar-refractivity contribution in [2.24, 2.45) is 4.99 Å². The molecule has 0 unspecified atom stereocenters. The van der Waals surface area contributed by atoms with E-state index in [9.17, 15) is 0 Å². The van der Waals surface area contributed by atoms with Gasteiger partial charge in [-0.05, 0) is 37.1 Å². The molecule has 0 aromatic heterocycles. The van der Waals surface area contributed by atoms with Crippen LogP contribution in [0, 0.1) is 0 Å². The van der Waals surface area contributed by atoms with Crippen LogP contribution in [-0.2, 0) is 13.0 Å². The maximum Gasteiger partial charge on any atom is 0.191 e. The smallest absolute Gasteiger partial charge is 0.191 e. The first-order valence-electron chi connectivity index (χ1n) is 9.16. The second-order valence-corrected chi connectivity index (χ2v) is 6.46. The normalized spacial score (nSPS) is 10.7. The summed E-state index contributed by atoms with van der Waals surface area (Å²) in [5, 5.41) is 7.35.